The Morgan fingerprint density at radius 3 is 2.17 bits per heavy atom. The van der Waals surface area contributed by atoms with Crippen LogP contribution in [0.5, 0.6) is 17.2 Å². The minimum Gasteiger partial charge on any atom is -0.508 e. The van der Waals surface area contributed by atoms with Crippen LogP contribution in [-0.2, 0) is 0 Å². The molecule has 4 nitrogen and oxygen atoms in total. The Hall–Kier alpha value is -2.49. The highest BCUT2D eigenvalue weighted by atomic mass is 16.3. The number of aromatic hydroxyl groups is 3. The maximum absolute atomic E-state index is 12.1. The second kappa shape index (κ2) is 4.41. The molecule has 0 aliphatic carbocycles. The van der Waals surface area contributed by atoms with E-state index >= 15 is 0 Å². The minimum atomic E-state index is -0.365. The lowest BCUT2D eigenvalue weighted by Gasteiger charge is -2.08. The summed E-state index contributed by atoms with van der Waals surface area (Å²) in [5.41, 5.74) is 0.740. The van der Waals surface area contributed by atoms with Crippen molar-refractivity contribution in [2.45, 2.75) is 6.92 Å². The normalized spacial score (nSPS) is 10.3. The molecule has 0 fully saturated rings. The number of phenolic OH excluding ortho intramolecular Hbond substituents is 3. The van der Waals surface area contributed by atoms with Crippen molar-refractivity contribution < 1.29 is 20.1 Å². The predicted octanol–water partition coefficient (Wildman–Crippen LogP) is 2.34. The molecule has 0 radical (unpaired) electrons. The lowest BCUT2D eigenvalue weighted by Crippen LogP contribution is -2.02. The largest absolute Gasteiger partial charge is 0.508 e. The first-order valence-electron chi connectivity index (χ1n) is 5.36. The molecule has 0 amide bonds. The number of phenols is 3. The molecule has 4 heteroatoms. The van der Waals surface area contributed by atoms with Crippen LogP contribution < -0.4 is 0 Å². The van der Waals surface area contributed by atoms with Crippen LogP contribution in [0.15, 0.2) is 36.4 Å². The molecule has 0 heterocycles. The summed E-state index contributed by atoms with van der Waals surface area (Å²) >= 11 is 0. The van der Waals surface area contributed by atoms with Gasteiger partial charge in [-0.25, -0.2) is 0 Å². The molecule has 92 valence electrons. The second-order valence-electron chi connectivity index (χ2n) is 3.98. The predicted molar refractivity (Wildman–Crippen MR) is 66.0 cm³/mol. The zero-order valence-corrected chi connectivity index (χ0v) is 9.71. The van der Waals surface area contributed by atoms with Gasteiger partial charge in [-0.1, -0.05) is 0 Å². The molecule has 2 aromatic carbocycles. The molecule has 0 atom stereocenters. The van der Waals surface area contributed by atoms with Crippen LogP contribution in [0.1, 0.15) is 21.5 Å². The van der Waals surface area contributed by atoms with Crippen LogP contribution >= 0.6 is 0 Å². The summed E-state index contributed by atoms with van der Waals surface area (Å²) in [5.74, 6) is -0.587. The van der Waals surface area contributed by atoms with E-state index in [4.69, 9.17) is 5.11 Å². The van der Waals surface area contributed by atoms with E-state index in [1.165, 1.54) is 43.3 Å². The maximum Gasteiger partial charge on any atom is 0.196 e. The van der Waals surface area contributed by atoms with Crippen molar-refractivity contribution >= 4 is 5.78 Å². The van der Waals surface area contributed by atoms with E-state index in [0.29, 0.717) is 5.56 Å². The Balaban J connectivity index is 2.46. The molecule has 0 unspecified atom stereocenters. The summed E-state index contributed by atoms with van der Waals surface area (Å²) in [4.78, 5) is 12.1. The highest BCUT2D eigenvalue weighted by Gasteiger charge is 2.16. The summed E-state index contributed by atoms with van der Waals surface area (Å²) in [7, 11) is 0. The average molecular weight is 244 g/mol. The summed E-state index contributed by atoms with van der Waals surface area (Å²) in [6.45, 7) is 1.53. The van der Waals surface area contributed by atoms with E-state index in [9.17, 15) is 15.0 Å². The van der Waals surface area contributed by atoms with Crippen molar-refractivity contribution in [3.8, 4) is 17.2 Å². The molecule has 0 aliphatic rings. The van der Waals surface area contributed by atoms with Gasteiger partial charge in [-0.15, -0.1) is 0 Å². The topological polar surface area (TPSA) is 77.8 Å². The highest BCUT2D eigenvalue weighted by Crippen LogP contribution is 2.31. The zero-order valence-electron chi connectivity index (χ0n) is 9.71. The Morgan fingerprint density at radius 1 is 0.944 bits per heavy atom. The first-order valence-corrected chi connectivity index (χ1v) is 5.36. The van der Waals surface area contributed by atoms with E-state index in [1.54, 1.807) is 0 Å². The van der Waals surface area contributed by atoms with Crippen LogP contribution in [0.4, 0.5) is 0 Å². The fourth-order valence-electron chi connectivity index (χ4n) is 1.64. The number of carbonyl (C=O) groups is 1. The zero-order chi connectivity index (χ0) is 13.3. The standard InChI is InChI=1S/C14H12O4/c1-8-12(16)7-6-11(13(8)17)14(18)9-2-4-10(15)5-3-9/h2-7,15-17H,1H3. The lowest BCUT2D eigenvalue weighted by molar-refractivity contribution is 0.103. The van der Waals surface area contributed by atoms with Gasteiger partial charge in [-0.2, -0.15) is 0 Å². The highest BCUT2D eigenvalue weighted by molar-refractivity contribution is 6.11. The third-order valence-corrected chi connectivity index (χ3v) is 2.78. The fourth-order valence-corrected chi connectivity index (χ4v) is 1.64. The summed E-state index contributed by atoms with van der Waals surface area (Å²) < 4.78 is 0. The van der Waals surface area contributed by atoms with Gasteiger partial charge in [0.25, 0.3) is 0 Å². The molecule has 2 rings (SSSR count). The van der Waals surface area contributed by atoms with Crippen molar-refractivity contribution in [1.82, 2.24) is 0 Å². The minimum absolute atomic E-state index is 0.0604. The van der Waals surface area contributed by atoms with Crippen molar-refractivity contribution in [3.05, 3.63) is 53.1 Å². The van der Waals surface area contributed by atoms with Gasteiger partial charge >= 0.3 is 0 Å². The Labute approximate surface area is 104 Å². The molecule has 2 aromatic rings. The number of hydrogen-bond acceptors (Lipinski definition) is 4. The van der Waals surface area contributed by atoms with E-state index in [0.717, 1.165) is 0 Å². The first-order chi connectivity index (χ1) is 8.50. The van der Waals surface area contributed by atoms with Crippen LogP contribution in [-0.4, -0.2) is 21.1 Å². The molecule has 0 aromatic heterocycles. The Kier molecular flexibility index (Phi) is 2.93. The summed E-state index contributed by atoms with van der Waals surface area (Å²) in [6, 6.07) is 8.48. The fraction of sp³-hybridized carbons (Fsp3) is 0.0714. The number of benzene rings is 2. The molecule has 0 aliphatic heterocycles. The first kappa shape index (κ1) is 12.0. The van der Waals surface area contributed by atoms with Crippen molar-refractivity contribution in [2.75, 3.05) is 0 Å². The molecule has 0 spiro atoms. The van der Waals surface area contributed by atoms with Crippen LogP contribution in [0, 0.1) is 6.92 Å². The van der Waals surface area contributed by atoms with Crippen molar-refractivity contribution in [1.29, 1.82) is 0 Å². The van der Waals surface area contributed by atoms with Gasteiger partial charge in [-0.05, 0) is 43.3 Å². The van der Waals surface area contributed by atoms with Gasteiger partial charge in [-0.3, -0.25) is 4.79 Å². The molecule has 0 saturated carbocycles. The third kappa shape index (κ3) is 2.00. The van der Waals surface area contributed by atoms with E-state index in [-0.39, 0.29) is 34.2 Å². The van der Waals surface area contributed by atoms with E-state index < -0.39 is 0 Å². The van der Waals surface area contributed by atoms with Crippen LogP contribution in [0.3, 0.4) is 0 Å². The second-order valence-corrected chi connectivity index (χ2v) is 3.98. The average Bonchev–Trinajstić information content (AvgIpc) is 2.36. The Morgan fingerprint density at radius 2 is 1.56 bits per heavy atom. The van der Waals surface area contributed by atoms with Crippen molar-refractivity contribution in [3.63, 3.8) is 0 Å². The molecule has 3 N–H and O–H groups in total. The SMILES string of the molecule is Cc1c(O)ccc(C(=O)c2ccc(O)cc2)c1O. The van der Waals surface area contributed by atoms with Gasteiger partial charge < -0.3 is 15.3 Å². The van der Waals surface area contributed by atoms with Gasteiger partial charge in [0, 0.05) is 11.1 Å². The number of ketones is 1. The quantitative estimate of drug-likeness (QED) is 0.708. The molecular weight excluding hydrogens is 232 g/mol. The lowest BCUT2D eigenvalue weighted by atomic mass is 10.00. The molecule has 0 saturated heterocycles. The van der Waals surface area contributed by atoms with E-state index in [1.807, 2.05) is 0 Å². The number of carbonyl (C=O) groups excluding carboxylic acids is 1. The van der Waals surface area contributed by atoms with Gasteiger partial charge in [0.15, 0.2) is 5.78 Å². The smallest absolute Gasteiger partial charge is 0.196 e. The molecular formula is C14H12O4. The van der Waals surface area contributed by atoms with Gasteiger partial charge in [0.2, 0.25) is 0 Å². The van der Waals surface area contributed by atoms with Gasteiger partial charge in [0.1, 0.15) is 17.2 Å². The summed E-state index contributed by atoms with van der Waals surface area (Å²) in [6.07, 6.45) is 0. The van der Waals surface area contributed by atoms with Crippen LogP contribution in [0.25, 0.3) is 0 Å². The van der Waals surface area contributed by atoms with Crippen LogP contribution in [0.2, 0.25) is 0 Å². The molecule has 18 heavy (non-hydrogen) atoms. The number of rotatable bonds is 2. The molecule has 0 bridgehead atoms. The van der Waals surface area contributed by atoms with Crippen molar-refractivity contribution in [2.24, 2.45) is 0 Å². The van der Waals surface area contributed by atoms with Gasteiger partial charge in [0.05, 0.1) is 5.56 Å². The maximum atomic E-state index is 12.1. The van der Waals surface area contributed by atoms with E-state index in [2.05, 4.69) is 0 Å². The third-order valence-electron chi connectivity index (χ3n) is 2.78. The number of hydrogen-bond donors (Lipinski definition) is 3. The summed E-state index contributed by atoms with van der Waals surface area (Å²) in [5, 5.41) is 28.4. The monoisotopic (exact) mass is 244 g/mol. The Bertz CT molecular complexity index is 600.